The lowest BCUT2D eigenvalue weighted by atomic mass is 10.1. The van der Waals surface area contributed by atoms with Crippen molar-refractivity contribution < 1.29 is 4.79 Å². The molecule has 0 unspecified atom stereocenters. The summed E-state index contributed by atoms with van der Waals surface area (Å²) in [6.07, 6.45) is 0. The van der Waals surface area contributed by atoms with E-state index in [1.807, 2.05) is 19.3 Å². The van der Waals surface area contributed by atoms with E-state index in [2.05, 4.69) is 0 Å². The van der Waals surface area contributed by atoms with Gasteiger partial charge in [0.1, 0.15) is 0 Å². The fourth-order valence-corrected chi connectivity index (χ4v) is 4.39. The topological polar surface area (TPSA) is 17.1 Å². The molecule has 0 atom stereocenters. The lowest BCUT2D eigenvalue weighted by Crippen LogP contribution is -2.06. The molecule has 0 aromatic heterocycles. The van der Waals surface area contributed by atoms with Crippen LogP contribution in [0.2, 0.25) is 0 Å². The Morgan fingerprint density at radius 3 is 2.70 bits per heavy atom. The molecule has 0 radical (unpaired) electrons. The summed E-state index contributed by atoms with van der Waals surface area (Å²) < 4.78 is 0. The highest BCUT2D eigenvalue weighted by Gasteiger charge is 2.17. The van der Waals surface area contributed by atoms with E-state index in [0.717, 1.165) is 4.91 Å². The average molecular weight is 192 g/mol. The summed E-state index contributed by atoms with van der Waals surface area (Å²) >= 11 is 0. The molecule has 0 aromatic rings. The van der Waals surface area contributed by atoms with Crippen molar-refractivity contribution in [2.24, 2.45) is 5.92 Å². The van der Waals surface area contributed by atoms with Crippen LogP contribution in [0.5, 0.6) is 0 Å². The van der Waals surface area contributed by atoms with Gasteiger partial charge in [-0.25, -0.2) is 0 Å². The molecule has 4 heteroatoms. The Morgan fingerprint density at radius 1 is 1.60 bits per heavy atom. The number of carbonyl (C=O) groups excluding carboxylic acids is 1. The van der Waals surface area contributed by atoms with Crippen LogP contribution in [0.1, 0.15) is 13.8 Å². The van der Waals surface area contributed by atoms with E-state index in [1.165, 1.54) is 0 Å². The van der Waals surface area contributed by atoms with Crippen LogP contribution in [0.15, 0.2) is 10.3 Å². The zero-order chi connectivity index (χ0) is 7.56. The number of hydrogen-bond acceptors (Lipinski definition) is 4. The van der Waals surface area contributed by atoms with Crippen LogP contribution in [0.25, 0.3) is 0 Å². The van der Waals surface area contributed by atoms with Gasteiger partial charge < -0.3 is 0 Å². The molecule has 1 rings (SSSR count). The van der Waals surface area contributed by atoms with Crippen molar-refractivity contribution in [2.45, 2.75) is 13.8 Å². The third-order valence-corrected chi connectivity index (χ3v) is 4.80. The summed E-state index contributed by atoms with van der Waals surface area (Å²) in [6, 6.07) is 0. The summed E-state index contributed by atoms with van der Waals surface area (Å²) in [4.78, 5) is 12.1. The van der Waals surface area contributed by atoms with Crippen molar-refractivity contribution in [3.8, 4) is 0 Å². The summed E-state index contributed by atoms with van der Waals surface area (Å²) in [5, 5.41) is 1.93. The van der Waals surface area contributed by atoms with Crippen LogP contribution in [-0.2, 0) is 4.79 Å². The highest BCUT2D eigenvalue weighted by atomic mass is 33.5. The first-order valence-electron chi connectivity index (χ1n) is 2.96. The van der Waals surface area contributed by atoms with Crippen LogP contribution >= 0.6 is 31.4 Å². The van der Waals surface area contributed by atoms with Gasteiger partial charge in [-0.15, -0.1) is 0 Å². The number of hydrogen-bond donors (Lipinski definition) is 0. The Labute approximate surface area is 72.2 Å². The molecule has 0 bridgehead atoms. The first kappa shape index (κ1) is 8.56. The normalized spacial score (nSPS) is 17.7. The van der Waals surface area contributed by atoms with E-state index >= 15 is 0 Å². The molecule has 1 nitrogen and oxygen atoms in total. The minimum Gasteiger partial charge on any atom is -0.293 e. The summed E-state index contributed by atoms with van der Waals surface area (Å²) in [5.41, 5.74) is 0. The lowest BCUT2D eigenvalue weighted by Gasteiger charge is -2.00. The molecule has 0 amide bonds. The van der Waals surface area contributed by atoms with Crippen molar-refractivity contribution in [3.05, 3.63) is 10.3 Å². The van der Waals surface area contributed by atoms with Crippen LogP contribution < -0.4 is 0 Å². The molecule has 0 spiro atoms. The molecule has 1 aliphatic rings. The second-order valence-corrected chi connectivity index (χ2v) is 6.13. The minimum absolute atomic E-state index is 0.137. The molecule has 0 fully saturated rings. The molecule has 0 saturated carbocycles. The Kier molecular flexibility index (Phi) is 3.20. The first-order chi connectivity index (χ1) is 4.72. The van der Waals surface area contributed by atoms with Gasteiger partial charge >= 0.3 is 0 Å². The highest BCUT2D eigenvalue weighted by Crippen LogP contribution is 2.49. The van der Waals surface area contributed by atoms with E-state index in [1.54, 1.807) is 31.4 Å². The molecule has 10 heavy (non-hydrogen) atoms. The quantitative estimate of drug-likeness (QED) is 0.625. The Balaban J connectivity index is 2.56. The first-order valence-corrected chi connectivity index (χ1v) is 6.51. The van der Waals surface area contributed by atoms with Crippen LogP contribution in [-0.4, -0.2) is 5.78 Å². The molecular formula is C6H8OS3. The van der Waals surface area contributed by atoms with Gasteiger partial charge in [0.25, 0.3) is 0 Å². The van der Waals surface area contributed by atoms with Crippen LogP contribution in [0, 0.1) is 5.92 Å². The Morgan fingerprint density at radius 2 is 2.30 bits per heavy atom. The molecule has 1 aliphatic heterocycles. The smallest absolute Gasteiger partial charge is 0.173 e. The predicted molar refractivity (Wildman–Crippen MR) is 50.7 cm³/mol. The molecule has 56 valence electrons. The van der Waals surface area contributed by atoms with Crippen LogP contribution in [0.3, 0.4) is 0 Å². The summed E-state index contributed by atoms with van der Waals surface area (Å²) in [6.45, 7) is 3.86. The van der Waals surface area contributed by atoms with Gasteiger partial charge in [-0.05, 0) is 20.6 Å². The van der Waals surface area contributed by atoms with E-state index < -0.39 is 0 Å². The molecule has 0 N–H and O–H groups in total. The summed E-state index contributed by atoms with van der Waals surface area (Å²) in [5.74, 6) is 0.403. The maximum Gasteiger partial charge on any atom is 0.173 e. The SMILES string of the molecule is CC(C)C(=O)C1=CSSS1. The maximum atomic E-state index is 11.2. The third-order valence-electron chi connectivity index (χ3n) is 1.09. The summed E-state index contributed by atoms with van der Waals surface area (Å²) in [7, 11) is 4.84. The second-order valence-electron chi connectivity index (χ2n) is 2.25. The van der Waals surface area contributed by atoms with Gasteiger partial charge in [0.2, 0.25) is 0 Å². The van der Waals surface area contributed by atoms with Crippen molar-refractivity contribution in [3.63, 3.8) is 0 Å². The fourth-order valence-electron chi connectivity index (χ4n) is 0.523. The molecule has 0 saturated heterocycles. The number of allylic oxidation sites excluding steroid dienone is 1. The van der Waals surface area contributed by atoms with Gasteiger partial charge in [0.05, 0.1) is 4.91 Å². The molecular weight excluding hydrogens is 184 g/mol. The van der Waals surface area contributed by atoms with Gasteiger partial charge in [0, 0.05) is 11.3 Å². The fraction of sp³-hybridized carbons (Fsp3) is 0.500. The van der Waals surface area contributed by atoms with E-state index in [-0.39, 0.29) is 11.7 Å². The van der Waals surface area contributed by atoms with Gasteiger partial charge in [0.15, 0.2) is 5.78 Å². The molecule has 1 heterocycles. The monoisotopic (exact) mass is 192 g/mol. The van der Waals surface area contributed by atoms with E-state index in [4.69, 9.17) is 0 Å². The molecule has 0 aromatic carbocycles. The van der Waals surface area contributed by atoms with Crippen molar-refractivity contribution in [1.29, 1.82) is 0 Å². The Hall–Kier alpha value is 0.460. The van der Waals surface area contributed by atoms with Gasteiger partial charge in [-0.1, -0.05) is 24.6 Å². The van der Waals surface area contributed by atoms with Crippen molar-refractivity contribution in [1.82, 2.24) is 0 Å². The van der Waals surface area contributed by atoms with E-state index in [9.17, 15) is 4.79 Å². The molecule has 0 aliphatic carbocycles. The van der Waals surface area contributed by atoms with E-state index in [0.29, 0.717) is 0 Å². The number of ketones is 1. The second kappa shape index (κ2) is 3.74. The standard InChI is InChI=1S/C6H8OS3/c1-4(2)6(7)5-3-8-10-9-5/h3-4H,1-2H3. The van der Waals surface area contributed by atoms with Crippen LogP contribution in [0.4, 0.5) is 0 Å². The zero-order valence-electron chi connectivity index (χ0n) is 5.79. The Bertz CT molecular complexity index is 174. The largest absolute Gasteiger partial charge is 0.293 e. The van der Waals surface area contributed by atoms with Crippen molar-refractivity contribution in [2.75, 3.05) is 0 Å². The number of carbonyl (C=O) groups is 1. The van der Waals surface area contributed by atoms with Crippen molar-refractivity contribution >= 4 is 37.2 Å². The number of rotatable bonds is 2. The third kappa shape index (κ3) is 1.97. The maximum absolute atomic E-state index is 11.2. The number of Topliss-reactive ketones (excluding diaryl/α,β-unsaturated/α-hetero) is 1. The minimum atomic E-state index is 0.137. The average Bonchev–Trinajstić information content (AvgIpc) is 2.36. The zero-order valence-corrected chi connectivity index (χ0v) is 8.24. The highest BCUT2D eigenvalue weighted by molar-refractivity contribution is 9.12. The predicted octanol–water partition coefficient (Wildman–Crippen LogP) is 3.10. The lowest BCUT2D eigenvalue weighted by molar-refractivity contribution is -0.117. The van der Waals surface area contributed by atoms with Gasteiger partial charge in [-0.3, -0.25) is 4.79 Å². The van der Waals surface area contributed by atoms with Gasteiger partial charge in [-0.2, -0.15) is 0 Å².